The van der Waals surface area contributed by atoms with Crippen LogP contribution < -0.4 is 10.5 Å². The molecule has 2 aromatic rings. The predicted octanol–water partition coefficient (Wildman–Crippen LogP) is 2.67. The maximum atomic E-state index is 5.59. The molecule has 0 spiro atoms. The number of rotatable bonds is 4. The van der Waals surface area contributed by atoms with Crippen LogP contribution in [0.5, 0.6) is 5.75 Å². The van der Waals surface area contributed by atoms with Crippen molar-refractivity contribution in [1.82, 2.24) is 9.97 Å². The Kier molecular flexibility index (Phi) is 4.04. The monoisotopic (exact) mass is 261 g/mol. The van der Waals surface area contributed by atoms with Crippen molar-refractivity contribution in [3.63, 3.8) is 0 Å². The quantitative estimate of drug-likeness (QED) is 0.857. The van der Waals surface area contributed by atoms with Gasteiger partial charge in [-0.05, 0) is 19.1 Å². The van der Waals surface area contributed by atoms with Gasteiger partial charge >= 0.3 is 0 Å². The zero-order valence-corrected chi connectivity index (χ0v) is 11.2. The molecule has 0 saturated heterocycles. The Bertz CT molecular complexity index is 528. The van der Waals surface area contributed by atoms with Crippen LogP contribution in [0.25, 0.3) is 0 Å². The number of nitrogens with two attached hydrogens (primary N) is 1. The zero-order valence-electron chi connectivity index (χ0n) is 10.4. The first kappa shape index (κ1) is 12.7. The fourth-order valence-electron chi connectivity index (χ4n) is 1.52. The summed E-state index contributed by atoms with van der Waals surface area (Å²) < 4.78 is 5.22. The number of ether oxygens (including phenoxy) is 1. The van der Waals surface area contributed by atoms with Gasteiger partial charge in [-0.3, -0.25) is 4.98 Å². The first-order chi connectivity index (χ1) is 8.67. The van der Waals surface area contributed by atoms with Crippen LogP contribution in [-0.2, 0) is 5.75 Å². The van der Waals surface area contributed by atoms with Crippen LogP contribution in [0.3, 0.4) is 0 Å². The van der Waals surface area contributed by atoms with E-state index >= 15 is 0 Å². The lowest BCUT2D eigenvalue weighted by Crippen LogP contribution is -1.93. The highest BCUT2D eigenvalue weighted by atomic mass is 32.2. The van der Waals surface area contributed by atoms with E-state index in [1.165, 1.54) is 0 Å². The van der Waals surface area contributed by atoms with Crippen molar-refractivity contribution in [2.75, 3.05) is 12.8 Å². The first-order valence-electron chi connectivity index (χ1n) is 5.53. The third-order valence-electron chi connectivity index (χ3n) is 2.34. The van der Waals surface area contributed by atoms with E-state index in [0.717, 1.165) is 27.9 Å². The summed E-state index contributed by atoms with van der Waals surface area (Å²) in [5, 5.41) is 0.937. The molecule has 0 fully saturated rings. The Morgan fingerprint density at radius 3 is 2.83 bits per heavy atom. The number of methoxy groups -OCH3 is 1. The van der Waals surface area contributed by atoms with E-state index < -0.39 is 0 Å². The van der Waals surface area contributed by atoms with Gasteiger partial charge in [0.15, 0.2) is 0 Å². The van der Waals surface area contributed by atoms with E-state index in [1.54, 1.807) is 25.1 Å². The van der Waals surface area contributed by atoms with E-state index in [0.29, 0.717) is 5.69 Å². The largest absolute Gasteiger partial charge is 0.497 e. The van der Waals surface area contributed by atoms with Crippen molar-refractivity contribution < 1.29 is 4.74 Å². The lowest BCUT2D eigenvalue weighted by atomic mass is 10.3. The number of nitrogens with zero attached hydrogens (tertiary/aromatic N) is 2. The number of anilines is 1. The highest BCUT2D eigenvalue weighted by molar-refractivity contribution is 7.98. The number of hydrogen-bond donors (Lipinski definition) is 1. The van der Waals surface area contributed by atoms with Gasteiger partial charge in [0.25, 0.3) is 0 Å². The van der Waals surface area contributed by atoms with Crippen LogP contribution in [-0.4, -0.2) is 17.1 Å². The predicted molar refractivity (Wildman–Crippen MR) is 73.7 cm³/mol. The summed E-state index contributed by atoms with van der Waals surface area (Å²) in [6.45, 7) is 1.96. The fourth-order valence-corrected chi connectivity index (χ4v) is 2.25. The summed E-state index contributed by atoms with van der Waals surface area (Å²) in [6.07, 6.45) is 1.66. The summed E-state index contributed by atoms with van der Waals surface area (Å²) in [5.41, 5.74) is 8.20. The van der Waals surface area contributed by atoms with Gasteiger partial charge in [0.2, 0.25) is 0 Å². The van der Waals surface area contributed by atoms with Crippen LogP contribution in [0, 0.1) is 6.92 Å². The molecule has 0 bridgehead atoms. The third kappa shape index (κ3) is 3.37. The Balaban J connectivity index is 2.05. The molecule has 18 heavy (non-hydrogen) atoms. The maximum Gasteiger partial charge on any atom is 0.122 e. The second-order valence-corrected chi connectivity index (χ2v) is 4.85. The van der Waals surface area contributed by atoms with Gasteiger partial charge in [-0.15, -0.1) is 11.8 Å². The fraction of sp³-hybridized carbons (Fsp3) is 0.231. The zero-order chi connectivity index (χ0) is 13.0. The van der Waals surface area contributed by atoms with Gasteiger partial charge in [-0.1, -0.05) is 0 Å². The highest BCUT2D eigenvalue weighted by Crippen LogP contribution is 2.22. The molecule has 0 atom stereocenters. The van der Waals surface area contributed by atoms with E-state index in [2.05, 4.69) is 9.97 Å². The number of hydrogen-bond acceptors (Lipinski definition) is 5. The molecule has 2 rings (SSSR count). The number of thioether (sulfide) groups is 1. The Morgan fingerprint density at radius 2 is 2.17 bits per heavy atom. The van der Waals surface area contributed by atoms with Crippen molar-refractivity contribution in [3.05, 3.63) is 41.9 Å². The topological polar surface area (TPSA) is 61.0 Å². The van der Waals surface area contributed by atoms with Crippen LogP contribution in [0.2, 0.25) is 0 Å². The molecule has 2 N–H and O–H groups in total. The molecule has 0 amide bonds. The molecule has 2 heterocycles. The SMILES string of the molecule is COc1cc(C)nc(CSc2ccc(N)cn2)c1. The number of nitrogen functional groups attached to an aromatic ring is 1. The van der Waals surface area contributed by atoms with Crippen molar-refractivity contribution in [2.24, 2.45) is 0 Å². The molecule has 0 saturated carbocycles. The van der Waals surface area contributed by atoms with Crippen LogP contribution in [0.4, 0.5) is 5.69 Å². The van der Waals surface area contributed by atoms with Crippen LogP contribution in [0.15, 0.2) is 35.5 Å². The molecule has 0 aliphatic heterocycles. The van der Waals surface area contributed by atoms with Gasteiger partial charge in [-0.2, -0.15) is 0 Å². The smallest absolute Gasteiger partial charge is 0.122 e. The molecule has 0 unspecified atom stereocenters. The molecule has 0 aromatic carbocycles. The standard InChI is InChI=1S/C13H15N3OS/c1-9-5-12(17-2)6-11(16-9)8-18-13-4-3-10(14)7-15-13/h3-7H,8,14H2,1-2H3. The Morgan fingerprint density at radius 1 is 1.33 bits per heavy atom. The average Bonchev–Trinajstić information content (AvgIpc) is 2.37. The molecule has 4 nitrogen and oxygen atoms in total. The summed E-state index contributed by atoms with van der Waals surface area (Å²) in [7, 11) is 1.66. The Hall–Kier alpha value is -1.75. The second-order valence-electron chi connectivity index (χ2n) is 3.86. The molecular weight excluding hydrogens is 246 g/mol. The molecule has 2 aromatic heterocycles. The summed E-state index contributed by atoms with van der Waals surface area (Å²) in [6, 6.07) is 7.61. The molecule has 0 aliphatic carbocycles. The number of aromatic nitrogens is 2. The summed E-state index contributed by atoms with van der Waals surface area (Å²) in [4.78, 5) is 8.70. The minimum absolute atomic E-state index is 0.676. The molecule has 0 radical (unpaired) electrons. The Labute approximate surface area is 111 Å². The molecule has 5 heteroatoms. The van der Waals surface area contributed by atoms with E-state index in [9.17, 15) is 0 Å². The normalized spacial score (nSPS) is 10.3. The van der Waals surface area contributed by atoms with Crippen LogP contribution >= 0.6 is 11.8 Å². The lowest BCUT2D eigenvalue weighted by molar-refractivity contribution is 0.413. The minimum Gasteiger partial charge on any atom is -0.497 e. The van der Waals surface area contributed by atoms with Crippen molar-refractivity contribution in [2.45, 2.75) is 17.7 Å². The van der Waals surface area contributed by atoms with Gasteiger partial charge in [0, 0.05) is 23.6 Å². The number of aryl methyl sites for hydroxylation is 1. The van der Waals surface area contributed by atoms with Gasteiger partial charge < -0.3 is 10.5 Å². The molecule has 94 valence electrons. The molecular formula is C13H15N3OS. The molecule has 0 aliphatic rings. The summed E-state index contributed by atoms with van der Waals surface area (Å²) >= 11 is 1.63. The highest BCUT2D eigenvalue weighted by Gasteiger charge is 2.02. The summed E-state index contributed by atoms with van der Waals surface area (Å²) in [5.74, 6) is 1.60. The maximum absolute atomic E-state index is 5.59. The van der Waals surface area contributed by atoms with E-state index in [1.807, 2.05) is 31.2 Å². The van der Waals surface area contributed by atoms with Crippen molar-refractivity contribution in [3.8, 4) is 5.75 Å². The van der Waals surface area contributed by atoms with E-state index in [4.69, 9.17) is 10.5 Å². The van der Waals surface area contributed by atoms with Gasteiger partial charge in [0.1, 0.15) is 5.75 Å². The number of pyridine rings is 2. The minimum atomic E-state index is 0.676. The van der Waals surface area contributed by atoms with E-state index in [-0.39, 0.29) is 0 Å². The average molecular weight is 261 g/mol. The third-order valence-corrected chi connectivity index (χ3v) is 3.32. The van der Waals surface area contributed by atoms with Crippen LogP contribution in [0.1, 0.15) is 11.4 Å². The first-order valence-corrected chi connectivity index (χ1v) is 6.52. The van der Waals surface area contributed by atoms with Gasteiger partial charge in [0.05, 0.1) is 29.7 Å². The van der Waals surface area contributed by atoms with Crippen molar-refractivity contribution in [1.29, 1.82) is 0 Å². The lowest BCUT2D eigenvalue weighted by Gasteiger charge is -2.05. The van der Waals surface area contributed by atoms with Gasteiger partial charge in [-0.25, -0.2) is 4.98 Å². The van der Waals surface area contributed by atoms with Crippen molar-refractivity contribution >= 4 is 17.4 Å². The second kappa shape index (κ2) is 5.73.